The quantitative estimate of drug-likeness (QED) is 0.546. The molecule has 2 N–H and O–H groups in total. The van der Waals surface area contributed by atoms with E-state index in [1.165, 1.54) is 0 Å². The largest absolute Gasteiger partial charge is 0.374 e. The molecule has 182 valence electrons. The van der Waals surface area contributed by atoms with Gasteiger partial charge in [0.2, 0.25) is 5.91 Å². The molecule has 1 aromatic rings. The van der Waals surface area contributed by atoms with Gasteiger partial charge in [-0.2, -0.15) is 0 Å². The van der Waals surface area contributed by atoms with Crippen molar-refractivity contribution in [1.29, 1.82) is 0 Å². The molecule has 1 heterocycles. The van der Waals surface area contributed by atoms with Gasteiger partial charge < -0.3 is 15.4 Å². The van der Waals surface area contributed by atoms with Crippen molar-refractivity contribution < 1.29 is 19.1 Å². The Morgan fingerprint density at radius 3 is 2.45 bits per heavy atom. The third-order valence-corrected chi connectivity index (χ3v) is 7.57. The summed E-state index contributed by atoms with van der Waals surface area (Å²) < 4.78 is 5.69. The molecule has 0 bridgehead atoms. The zero-order chi connectivity index (χ0) is 24.2. The van der Waals surface area contributed by atoms with Crippen LogP contribution < -0.4 is 10.6 Å². The number of rotatable bonds is 9. The van der Waals surface area contributed by atoms with Crippen molar-refractivity contribution in [2.24, 2.45) is 11.3 Å². The Morgan fingerprint density at radius 2 is 1.85 bits per heavy atom. The van der Waals surface area contributed by atoms with Crippen molar-refractivity contribution in [2.75, 3.05) is 6.54 Å². The number of imide groups is 1. The molecule has 0 atom stereocenters. The second-order valence-electron chi connectivity index (χ2n) is 10.4. The van der Waals surface area contributed by atoms with E-state index in [4.69, 9.17) is 4.74 Å². The van der Waals surface area contributed by atoms with Gasteiger partial charge in [-0.15, -0.1) is 0 Å². The summed E-state index contributed by atoms with van der Waals surface area (Å²) in [5.41, 5.74) is 1.34. The van der Waals surface area contributed by atoms with Crippen LogP contribution in [-0.4, -0.2) is 40.9 Å². The molecule has 0 radical (unpaired) electrons. The first kappa shape index (κ1) is 25.2. The third kappa shape index (κ3) is 5.75. The van der Waals surface area contributed by atoms with Crippen LogP contribution in [0.5, 0.6) is 0 Å². The summed E-state index contributed by atoms with van der Waals surface area (Å²) in [7, 11) is 0. The lowest BCUT2D eigenvalue weighted by Crippen LogP contribution is -2.51. The topological polar surface area (TPSA) is 87.7 Å². The average Bonchev–Trinajstić information content (AvgIpc) is 3.01. The van der Waals surface area contributed by atoms with Crippen LogP contribution in [-0.2, 0) is 27.5 Å². The Kier molecular flexibility index (Phi) is 7.83. The summed E-state index contributed by atoms with van der Waals surface area (Å²) in [6.07, 6.45) is 4.27. The predicted molar refractivity (Wildman–Crippen MR) is 127 cm³/mol. The van der Waals surface area contributed by atoms with Gasteiger partial charge in [0.1, 0.15) is 12.1 Å². The second kappa shape index (κ2) is 10.2. The molecule has 1 aromatic carbocycles. The summed E-state index contributed by atoms with van der Waals surface area (Å²) in [4.78, 5) is 39.5. The Morgan fingerprint density at radius 1 is 1.21 bits per heavy atom. The molecule has 33 heavy (non-hydrogen) atoms. The van der Waals surface area contributed by atoms with Crippen molar-refractivity contribution in [1.82, 2.24) is 15.5 Å². The molecule has 1 aliphatic heterocycles. The van der Waals surface area contributed by atoms with Crippen molar-refractivity contribution in [3.8, 4) is 0 Å². The van der Waals surface area contributed by atoms with Crippen LogP contribution in [0.4, 0.5) is 4.79 Å². The monoisotopic (exact) mass is 457 g/mol. The number of carbonyl (C=O) groups excluding carboxylic acids is 3. The SMILES string of the molecule is CCC(C)(C)C1CCC2(CC1)NC(=O)N(CC(=O)NCc1ccccc1COC(C)C)C2=O. The summed E-state index contributed by atoms with van der Waals surface area (Å²) in [6.45, 7) is 11.2. The fraction of sp³-hybridized carbons (Fsp3) is 0.654. The molecule has 7 nitrogen and oxygen atoms in total. The van der Waals surface area contributed by atoms with Crippen LogP contribution in [0.15, 0.2) is 24.3 Å². The Hall–Kier alpha value is -2.41. The number of urea groups is 1. The van der Waals surface area contributed by atoms with Crippen molar-refractivity contribution in [2.45, 2.75) is 91.5 Å². The van der Waals surface area contributed by atoms with Gasteiger partial charge in [0, 0.05) is 6.54 Å². The molecule has 4 amide bonds. The number of hydrogen-bond acceptors (Lipinski definition) is 4. The summed E-state index contributed by atoms with van der Waals surface area (Å²) in [5.74, 6) is -0.0769. The van der Waals surface area contributed by atoms with Crippen LogP contribution in [0.1, 0.15) is 77.8 Å². The molecule has 1 saturated heterocycles. The fourth-order valence-electron chi connectivity index (χ4n) is 4.86. The Bertz CT molecular complexity index is 872. The van der Waals surface area contributed by atoms with Crippen LogP contribution in [0.3, 0.4) is 0 Å². The van der Waals surface area contributed by atoms with Gasteiger partial charge in [-0.05, 0) is 62.0 Å². The zero-order valence-corrected chi connectivity index (χ0v) is 20.7. The second-order valence-corrected chi connectivity index (χ2v) is 10.4. The third-order valence-electron chi connectivity index (χ3n) is 7.57. The van der Waals surface area contributed by atoms with Gasteiger partial charge in [-0.25, -0.2) is 4.79 Å². The molecule has 1 aliphatic carbocycles. The van der Waals surface area contributed by atoms with E-state index >= 15 is 0 Å². The minimum Gasteiger partial charge on any atom is -0.374 e. The molecule has 1 saturated carbocycles. The maximum absolute atomic E-state index is 13.2. The molecule has 0 unspecified atom stereocenters. The van der Waals surface area contributed by atoms with E-state index in [1.807, 2.05) is 38.1 Å². The standard InChI is InChI=1S/C26H39N3O4/c1-6-25(4,5)21-11-13-26(14-12-21)23(31)29(24(32)28-26)16-22(30)27-15-19-9-7-8-10-20(19)17-33-18(2)3/h7-10,18,21H,6,11-17H2,1-5H3,(H,27,30)(H,28,32). The lowest BCUT2D eigenvalue weighted by molar-refractivity contribution is -0.136. The Balaban J connectivity index is 1.56. The highest BCUT2D eigenvalue weighted by atomic mass is 16.5. The highest BCUT2D eigenvalue weighted by molar-refractivity contribution is 6.09. The van der Waals surface area contributed by atoms with Crippen LogP contribution in [0.25, 0.3) is 0 Å². The van der Waals surface area contributed by atoms with Crippen molar-refractivity contribution in [3.63, 3.8) is 0 Å². The first-order valence-electron chi connectivity index (χ1n) is 12.2. The number of ether oxygens (including phenoxy) is 1. The minimum atomic E-state index is -0.849. The van der Waals surface area contributed by atoms with Crippen LogP contribution >= 0.6 is 0 Å². The van der Waals surface area contributed by atoms with Crippen LogP contribution in [0.2, 0.25) is 0 Å². The van der Waals surface area contributed by atoms with Gasteiger partial charge in [0.15, 0.2) is 0 Å². The van der Waals surface area contributed by atoms with Gasteiger partial charge in [0.25, 0.3) is 5.91 Å². The fourth-order valence-corrected chi connectivity index (χ4v) is 4.86. The number of benzene rings is 1. The molecular formula is C26H39N3O4. The van der Waals surface area contributed by atoms with Crippen LogP contribution in [0, 0.1) is 11.3 Å². The summed E-state index contributed by atoms with van der Waals surface area (Å²) >= 11 is 0. The molecule has 7 heteroatoms. The molecule has 2 fully saturated rings. The molecule has 2 aliphatic rings. The van der Waals surface area contributed by atoms with E-state index in [1.54, 1.807) is 0 Å². The van der Waals surface area contributed by atoms with E-state index in [0.29, 0.717) is 31.9 Å². The first-order chi connectivity index (χ1) is 15.6. The number of carbonyl (C=O) groups is 3. The van der Waals surface area contributed by atoms with E-state index in [2.05, 4.69) is 31.4 Å². The van der Waals surface area contributed by atoms with Gasteiger partial charge in [-0.3, -0.25) is 14.5 Å². The summed E-state index contributed by atoms with van der Waals surface area (Å²) in [5, 5.41) is 5.77. The smallest absolute Gasteiger partial charge is 0.325 e. The zero-order valence-electron chi connectivity index (χ0n) is 20.7. The molecule has 1 spiro atoms. The normalized spacial score (nSPS) is 23.3. The summed E-state index contributed by atoms with van der Waals surface area (Å²) in [6, 6.07) is 7.30. The number of nitrogens with zero attached hydrogens (tertiary/aromatic N) is 1. The molecule has 0 aromatic heterocycles. The predicted octanol–water partition coefficient (Wildman–Crippen LogP) is 4.14. The maximum Gasteiger partial charge on any atom is 0.325 e. The van der Waals surface area contributed by atoms with E-state index in [-0.39, 0.29) is 29.9 Å². The minimum absolute atomic E-state index is 0.114. The Labute approximate surface area is 197 Å². The van der Waals surface area contributed by atoms with Gasteiger partial charge in [0.05, 0.1) is 12.7 Å². The number of amides is 4. The highest BCUT2D eigenvalue weighted by Crippen LogP contribution is 2.45. The van der Waals surface area contributed by atoms with Crippen molar-refractivity contribution >= 4 is 17.8 Å². The molecular weight excluding hydrogens is 418 g/mol. The average molecular weight is 458 g/mol. The number of hydrogen-bond donors (Lipinski definition) is 2. The first-order valence-corrected chi connectivity index (χ1v) is 12.2. The highest BCUT2D eigenvalue weighted by Gasteiger charge is 2.53. The van der Waals surface area contributed by atoms with Crippen molar-refractivity contribution in [3.05, 3.63) is 35.4 Å². The number of nitrogens with one attached hydrogen (secondary N) is 2. The van der Waals surface area contributed by atoms with E-state index < -0.39 is 11.6 Å². The maximum atomic E-state index is 13.2. The van der Waals surface area contributed by atoms with E-state index in [9.17, 15) is 14.4 Å². The van der Waals surface area contributed by atoms with E-state index in [0.717, 1.165) is 35.3 Å². The lowest BCUT2D eigenvalue weighted by atomic mass is 9.65. The molecule has 3 rings (SSSR count). The van der Waals surface area contributed by atoms with Gasteiger partial charge in [-0.1, -0.05) is 51.5 Å². The lowest BCUT2D eigenvalue weighted by Gasteiger charge is -2.42. The van der Waals surface area contributed by atoms with Gasteiger partial charge >= 0.3 is 6.03 Å².